The molecule has 0 radical (unpaired) electrons. The number of carbonyl (C=O) groups excluding carboxylic acids is 1. The Hall–Kier alpha value is -1.37. The molecule has 0 spiro atoms. The van der Waals surface area contributed by atoms with E-state index in [1.807, 2.05) is 24.4 Å². The Labute approximate surface area is 141 Å². The van der Waals surface area contributed by atoms with E-state index >= 15 is 0 Å². The lowest BCUT2D eigenvalue weighted by Gasteiger charge is -2.36. The first-order valence-electron chi connectivity index (χ1n) is 7.94. The van der Waals surface area contributed by atoms with Crippen molar-refractivity contribution < 1.29 is 19.4 Å². The molecule has 2 rings (SSSR count). The van der Waals surface area contributed by atoms with Crippen molar-refractivity contribution in [2.24, 2.45) is 5.92 Å². The Kier molecular flexibility index (Phi) is 6.62. The lowest BCUT2D eigenvalue weighted by molar-refractivity contribution is -0.169. The molecule has 128 valence electrons. The van der Waals surface area contributed by atoms with Gasteiger partial charge in [0.2, 0.25) is 6.29 Å². The Balaban J connectivity index is 2.35. The van der Waals surface area contributed by atoms with Gasteiger partial charge in [0.1, 0.15) is 0 Å². The number of aliphatic hydroxyl groups excluding tert-OH is 1. The van der Waals surface area contributed by atoms with Crippen molar-refractivity contribution in [3.8, 4) is 0 Å². The van der Waals surface area contributed by atoms with Gasteiger partial charge in [-0.25, -0.2) is 0 Å². The summed E-state index contributed by atoms with van der Waals surface area (Å²) in [7, 11) is 3.42. The zero-order valence-electron chi connectivity index (χ0n) is 13.9. The molecular formula is C17H25NO4S. The summed E-state index contributed by atoms with van der Waals surface area (Å²) in [6, 6.07) is 4.08. The van der Waals surface area contributed by atoms with E-state index in [2.05, 4.69) is 6.07 Å². The van der Waals surface area contributed by atoms with Gasteiger partial charge in [0.25, 0.3) is 5.91 Å². The van der Waals surface area contributed by atoms with Crippen LogP contribution in [0.5, 0.6) is 0 Å². The predicted molar refractivity (Wildman–Crippen MR) is 90.1 cm³/mol. The number of aliphatic hydroxyl groups is 1. The van der Waals surface area contributed by atoms with Crippen molar-refractivity contribution in [3.63, 3.8) is 0 Å². The molecule has 0 aromatic carbocycles. The maximum atomic E-state index is 12.3. The number of hydrogen-bond acceptors (Lipinski definition) is 5. The lowest BCUT2D eigenvalue weighted by Crippen LogP contribution is -2.38. The van der Waals surface area contributed by atoms with Crippen LogP contribution < -0.4 is 0 Å². The number of thiophene rings is 1. The topological polar surface area (TPSA) is 59.0 Å². The summed E-state index contributed by atoms with van der Waals surface area (Å²) in [4.78, 5) is 15.0. The third-order valence-electron chi connectivity index (χ3n) is 3.90. The highest BCUT2D eigenvalue weighted by atomic mass is 32.1. The average Bonchev–Trinajstić information content (AvgIpc) is 3.06. The summed E-state index contributed by atoms with van der Waals surface area (Å²) >= 11 is 1.67. The molecule has 1 aromatic rings. The molecule has 0 saturated heterocycles. The number of likely N-dealkylation sites (N-methyl/N-ethyl adjacent to an activating group) is 1. The molecule has 0 saturated carbocycles. The highest BCUT2D eigenvalue weighted by molar-refractivity contribution is 7.10. The third kappa shape index (κ3) is 4.34. The van der Waals surface area contributed by atoms with E-state index in [1.54, 1.807) is 25.4 Å². The minimum Gasteiger partial charge on any atom is -0.459 e. The van der Waals surface area contributed by atoms with E-state index in [9.17, 15) is 9.90 Å². The lowest BCUT2D eigenvalue weighted by atomic mass is 9.84. The zero-order valence-corrected chi connectivity index (χ0v) is 14.7. The minimum atomic E-state index is -0.470. The second-order valence-corrected chi connectivity index (χ2v) is 6.72. The van der Waals surface area contributed by atoms with Gasteiger partial charge in [-0.2, -0.15) is 0 Å². The van der Waals surface area contributed by atoms with Crippen LogP contribution in [-0.4, -0.2) is 49.5 Å². The Morgan fingerprint density at radius 3 is 2.83 bits per heavy atom. The van der Waals surface area contributed by atoms with Gasteiger partial charge in [0.15, 0.2) is 5.76 Å². The van der Waals surface area contributed by atoms with Crippen molar-refractivity contribution in [1.82, 2.24) is 4.90 Å². The van der Waals surface area contributed by atoms with E-state index in [-0.39, 0.29) is 24.3 Å². The van der Waals surface area contributed by atoms with Crippen LogP contribution in [0.3, 0.4) is 0 Å². The quantitative estimate of drug-likeness (QED) is 0.829. The summed E-state index contributed by atoms with van der Waals surface area (Å²) in [5, 5.41) is 11.2. The van der Waals surface area contributed by atoms with Crippen LogP contribution >= 0.6 is 11.3 Å². The summed E-state index contributed by atoms with van der Waals surface area (Å²) in [5.74, 6) is 0.328. The highest BCUT2D eigenvalue weighted by Crippen LogP contribution is 2.41. The minimum absolute atomic E-state index is 0.0609. The Morgan fingerprint density at radius 1 is 1.48 bits per heavy atom. The van der Waals surface area contributed by atoms with Crippen molar-refractivity contribution in [2.45, 2.75) is 32.0 Å². The number of amides is 1. The SMILES string of the molecule is CCO[C@@H]1OC(C(=O)N(C)C)=C[C@H](c2cccs2)[C@H]1CCCO. The molecule has 1 aliphatic heterocycles. The van der Waals surface area contributed by atoms with E-state index in [0.29, 0.717) is 18.8 Å². The molecule has 1 N–H and O–H groups in total. The van der Waals surface area contributed by atoms with E-state index in [0.717, 1.165) is 6.42 Å². The number of hydrogen-bond donors (Lipinski definition) is 1. The molecule has 5 nitrogen and oxygen atoms in total. The van der Waals surface area contributed by atoms with Crippen molar-refractivity contribution in [2.75, 3.05) is 27.3 Å². The summed E-state index contributed by atoms with van der Waals surface area (Å²) < 4.78 is 11.6. The van der Waals surface area contributed by atoms with Crippen LogP contribution in [0, 0.1) is 5.92 Å². The highest BCUT2D eigenvalue weighted by Gasteiger charge is 2.38. The molecule has 23 heavy (non-hydrogen) atoms. The fourth-order valence-corrected chi connectivity index (χ4v) is 3.66. The molecule has 1 aromatic heterocycles. The van der Waals surface area contributed by atoms with Crippen LogP contribution in [0.2, 0.25) is 0 Å². The number of rotatable bonds is 7. The molecule has 1 amide bonds. The molecule has 2 heterocycles. The predicted octanol–water partition coefficient (Wildman–Crippen LogP) is 2.59. The van der Waals surface area contributed by atoms with E-state index < -0.39 is 6.29 Å². The first kappa shape index (κ1) is 18.0. The second kappa shape index (κ2) is 8.47. The Morgan fingerprint density at radius 2 is 2.26 bits per heavy atom. The van der Waals surface area contributed by atoms with Gasteiger partial charge < -0.3 is 19.5 Å². The van der Waals surface area contributed by atoms with Gasteiger partial charge in [0, 0.05) is 44.0 Å². The monoisotopic (exact) mass is 339 g/mol. The number of carbonyl (C=O) groups is 1. The molecule has 0 bridgehead atoms. The van der Waals surface area contributed by atoms with Gasteiger partial charge in [-0.3, -0.25) is 4.79 Å². The van der Waals surface area contributed by atoms with Crippen LogP contribution in [0.25, 0.3) is 0 Å². The van der Waals surface area contributed by atoms with Gasteiger partial charge in [-0.1, -0.05) is 6.07 Å². The first-order valence-corrected chi connectivity index (χ1v) is 8.82. The van der Waals surface area contributed by atoms with Crippen LogP contribution in [0.1, 0.15) is 30.6 Å². The maximum absolute atomic E-state index is 12.3. The van der Waals surface area contributed by atoms with E-state index in [1.165, 1.54) is 9.78 Å². The summed E-state index contributed by atoms with van der Waals surface area (Å²) in [5.41, 5.74) is 0. The van der Waals surface area contributed by atoms with Crippen molar-refractivity contribution in [3.05, 3.63) is 34.2 Å². The third-order valence-corrected chi connectivity index (χ3v) is 4.87. The smallest absolute Gasteiger partial charge is 0.288 e. The molecule has 3 atom stereocenters. The molecule has 0 fully saturated rings. The number of ether oxygens (including phenoxy) is 2. The van der Waals surface area contributed by atoms with Gasteiger partial charge >= 0.3 is 0 Å². The summed E-state index contributed by atoms with van der Waals surface area (Å²) in [6.45, 7) is 2.57. The zero-order chi connectivity index (χ0) is 16.8. The summed E-state index contributed by atoms with van der Waals surface area (Å²) in [6.07, 6.45) is 2.90. The molecule has 0 aliphatic carbocycles. The Bertz CT molecular complexity index is 527. The van der Waals surface area contributed by atoms with Gasteiger partial charge in [-0.05, 0) is 37.3 Å². The standard InChI is InChI=1S/C17H25NO4S/c1-4-21-17-12(7-5-9-19)13(15-8-6-10-23-15)11-14(22-17)16(20)18(2)3/h6,8,10-13,17,19H,4-5,7,9H2,1-3H3/t12-,13+,17-/m1/s1. The molecule has 1 aliphatic rings. The van der Waals surface area contributed by atoms with Crippen molar-refractivity contribution in [1.29, 1.82) is 0 Å². The second-order valence-electron chi connectivity index (χ2n) is 5.74. The van der Waals surface area contributed by atoms with E-state index in [4.69, 9.17) is 9.47 Å². The van der Waals surface area contributed by atoms with Crippen LogP contribution in [-0.2, 0) is 14.3 Å². The average molecular weight is 339 g/mol. The normalized spacial score (nSPS) is 24.0. The van der Waals surface area contributed by atoms with Gasteiger partial charge in [0.05, 0.1) is 0 Å². The fourth-order valence-electron chi connectivity index (χ4n) is 2.79. The van der Waals surface area contributed by atoms with Crippen LogP contribution in [0.15, 0.2) is 29.3 Å². The molecule has 6 heteroatoms. The number of nitrogens with zero attached hydrogens (tertiary/aromatic N) is 1. The van der Waals surface area contributed by atoms with Crippen LogP contribution in [0.4, 0.5) is 0 Å². The van der Waals surface area contributed by atoms with Crippen molar-refractivity contribution >= 4 is 17.2 Å². The largest absolute Gasteiger partial charge is 0.459 e. The maximum Gasteiger partial charge on any atom is 0.288 e. The first-order chi connectivity index (χ1) is 11.1. The molecular weight excluding hydrogens is 314 g/mol. The molecule has 0 unspecified atom stereocenters. The van der Waals surface area contributed by atoms with Gasteiger partial charge in [-0.15, -0.1) is 11.3 Å². The fraction of sp³-hybridized carbons (Fsp3) is 0.588. The number of allylic oxidation sites excluding steroid dienone is 1.